The summed E-state index contributed by atoms with van der Waals surface area (Å²) >= 11 is 3.54. The minimum atomic E-state index is -0.207. The van der Waals surface area contributed by atoms with Crippen LogP contribution in [-0.2, 0) is 11.3 Å². The number of rotatable bonds is 3. The van der Waals surface area contributed by atoms with Gasteiger partial charge in [-0.25, -0.2) is 0 Å². The van der Waals surface area contributed by atoms with E-state index in [2.05, 4.69) is 34.2 Å². The van der Waals surface area contributed by atoms with Crippen molar-refractivity contribution in [2.24, 2.45) is 5.41 Å². The zero-order valence-electron chi connectivity index (χ0n) is 11.6. The lowest BCUT2D eigenvalue weighted by atomic mass is 9.79. The second-order valence-corrected chi connectivity index (χ2v) is 6.42. The van der Waals surface area contributed by atoms with Crippen LogP contribution in [0.15, 0.2) is 28.7 Å². The fraction of sp³-hybridized carbons (Fsp3) is 0.533. The lowest BCUT2D eigenvalue weighted by Crippen LogP contribution is -2.46. The van der Waals surface area contributed by atoms with Gasteiger partial charge in [0.05, 0.1) is 0 Å². The predicted octanol–water partition coefficient (Wildman–Crippen LogP) is 2.80. The molecule has 1 amide bonds. The summed E-state index contributed by atoms with van der Waals surface area (Å²) in [6.07, 6.45) is 1.85. The molecular weight excluding hydrogens is 304 g/mol. The molecule has 19 heavy (non-hydrogen) atoms. The standard InChI is InChI=1S/C15H21BrN2O/c1-15(7-9-17-10-8-15)14(19)18(2)11-12-5-3-4-6-13(12)16/h3-6,17H,7-11H2,1-2H3. The minimum Gasteiger partial charge on any atom is -0.341 e. The van der Waals surface area contributed by atoms with Crippen LogP contribution in [0.4, 0.5) is 0 Å². The number of benzene rings is 1. The Morgan fingerprint density at radius 2 is 2.00 bits per heavy atom. The highest BCUT2D eigenvalue weighted by Crippen LogP contribution is 2.30. The van der Waals surface area contributed by atoms with E-state index in [0.717, 1.165) is 36.0 Å². The first kappa shape index (κ1) is 14.5. The first-order valence-electron chi connectivity index (χ1n) is 6.73. The van der Waals surface area contributed by atoms with Crippen LogP contribution in [0.3, 0.4) is 0 Å². The van der Waals surface area contributed by atoms with Crippen LogP contribution in [0, 0.1) is 5.41 Å². The molecule has 104 valence electrons. The van der Waals surface area contributed by atoms with Gasteiger partial charge in [0.1, 0.15) is 0 Å². The molecule has 1 heterocycles. The molecule has 2 rings (SSSR count). The third-order valence-electron chi connectivity index (χ3n) is 3.94. The molecule has 0 aliphatic carbocycles. The molecular formula is C15H21BrN2O. The normalized spacial score (nSPS) is 18.1. The van der Waals surface area contributed by atoms with Crippen molar-refractivity contribution >= 4 is 21.8 Å². The molecule has 0 radical (unpaired) electrons. The first-order valence-corrected chi connectivity index (χ1v) is 7.52. The SMILES string of the molecule is CN(Cc1ccccc1Br)C(=O)C1(C)CCNCC1. The third kappa shape index (κ3) is 3.37. The Morgan fingerprint density at radius 1 is 1.37 bits per heavy atom. The van der Waals surface area contributed by atoms with Crippen LogP contribution in [0.25, 0.3) is 0 Å². The number of carbonyl (C=O) groups excluding carboxylic acids is 1. The molecule has 0 unspecified atom stereocenters. The minimum absolute atomic E-state index is 0.207. The summed E-state index contributed by atoms with van der Waals surface area (Å²) in [6.45, 7) is 4.62. The zero-order valence-corrected chi connectivity index (χ0v) is 13.2. The van der Waals surface area contributed by atoms with Crippen molar-refractivity contribution < 1.29 is 4.79 Å². The molecule has 0 atom stereocenters. The molecule has 0 spiro atoms. The maximum Gasteiger partial charge on any atom is 0.228 e. The van der Waals surface area contributed by atoms with Gasteiger partial charge in [0, 0.05) is 23.5 Å². The number of nitrogens with one attached hydrogen (secondary N) is 1. The van der Waals surface area contributed by atoms with E-state index in [1.165, 1.54) is 0 Å². The first-order chi connectivity index (χ1) is 9.03. The van der Waals surface area contributed by atoms with E-state index < -0.39 is 0 Å². The Kier molecular flexibility index (Phi) is 4.63. The highest BCUT2D eigenvalue weighted by atomic mass is 79.9. The summed E-state index contributed by atoms with van der Waals surface area (Å²) in [7, 11) is 1.90. The summed E-state index contributed by atoms with van der Waals surface area (Å²) in [5.41, 5.74) is 0.942. The van der Waals surface area contributed by atoms with Crippen LogP contribution in [0.5, 0.6) is 0 Å². The Bertz CT molecular complexity index is 455. The van der Waals surface area contributed by atoms with Gasteiger partial charge in [0.2, 0.25) is 5.91 Å². The maximum atomic E-state index is 12.6. The fourth-order valence-electron chi connectivity index (χ4n) is 2.61. The van der Waals surface area contributed by atoms with Crippen LogP contribution in [0.2, 0.25) is 0 Å². The smallest absolute Gasteiger partial charge is 0.228 e. The molecule has 1 aromatic rings. The van der Waals surface area contributed by atoms with Crippen molar-refractivity contribution in [3.8, 4) is 0 Å². The quantitative estimate of drug-likeness (QED) is 0.927. The molecule has 1 aromatic carbocycles. The molecule has 0 aromatic heterocycles. The van der Waals surface area contributed by atoms with Crippen molar-refractivity contribution in [1.82, 2.24) is 10.2 Å². The summed E-state index contributed by atoms with van der Waals surface area (Å²) < 4.78 is 1.06. The molecule has 1 N–H and O–H groups in total. The molecule has 0 bridgehead atoms. The van der Waals surface area contributed by atoms with Crippen molar-refractivity contribution in [2.75, 3.05) is 20.1 Å². The number of carbonyl (C=O) groups is 1. The average molecular weight is 325 g/mol. The topological polar surface area (TPSA) is 32.3 Å². The number of hydrogen-bond acceptors (Lipinski definition) is 2. The number of piperidine rings is 1. The van der Waals surface area contributed by atoms with E-state index in [4.69, 9.17) is 0 Å². The molecule has 1 fully saturated rings. The van der Waals surface area contributed by atoms with Crippen LogP contribution in [-0.4, -0.2) is 30.9 Å². The van der Waals surface area contributed by atoms with Gasteiger partial charge in [-0.3, -0.25) is 4.79 Å². The lowest BCUT2D eigenvalue weighted by Gasteiger charge is -2.36. The van der Waals surface area contributed by atoms with Gasteiger partial charge in [0.15, 0.2) is 0 Å². The summed E-state index contributed by atoms with van der Waals surface area (Å²) in [4.78, 5) is 14.5. The van der Waals surface area contributed by atoms with Crippen molar-refractivity contribution in [1.29, 1.82) is 0 Å². The van der Waals surface area contributed by atoms with Gasteiger partial charge in [-0.2, -0.15) is 0 Å². The molecule has 1 saturated heterocycles. The van der Waals surface area contributed by atoms with Gasteiger partial charge in [0.25, 0.3) is 0 Å². The van der Waals surface area contributed by atoms with Crippen molar-refractivity contribution in [3.05, 3.63) is 34.3 Å². The number of halogens is 1. The zero-order chi connectivity index (χ0) is 13.9. The van der Waals surface area contributed by atoms with E-state index >= 15 is 0 Å². The second kappa shape index (κ2) is 6.06. The highest BCUT2D eigenvalue weighted by molar-refractivity contribution is 9.10. The Balaban J connectivity index is 2.05. The van der Waals surface area contributed by atoms with Crippen LogP contribution >= 0.6 is 15.9 Å². The third-order valence-corrected chi connectivity index (χ3v) is 4.71. The fourth-order valence-corrected chi connectivity index (χ4v) is 3.02. The van der Waals surface area contributed by atoms with E-state index in [-0.39, 0.29) is 11.3 Å². The van der Waals surface area contributed by atoms with E-state index in [9.17, 15) is 4.79 Å². The summed E-state index contributed by atoms with van der Waals surface area (Å²) in [5.74, 6) is 0.254. The highest BCUT2D eigenvalue weighted by Gasteiger charge is 2.36. The predicted molar refractivity (Wildman–Crippen MR) is 80.8 cm³/mol. The van der Waals surface area contributed by atoms with Gasteiger partial charge in [-0.05, 0) is 37.6 Å². The molecule has 0 saturated carbocycles. The van der Waals surface area contributed by atoms with Gasteiger partial charge in [-0.15, -0.1) is 0 Å². The Labute approximate surface area is 123 Å². The van der Waals surface area contributed by atoms with Gasteiger partial charge >= 0.3 is 0 Å². The molecule has 4 heteroatoms. The van der Waals surface area contributed by atoms with Crippen molar-refractivity contribution in [3.63, 3.8) is 0 Å². The van der Waals surface area contributed by atoms with Gasteiger partial charge in [-0.1, -0.05) is 41.1 Å². The summed E-state index contributed by atoms with van der Waals surface area (Å²) in [6, 6.07) is 8.06. The largest absolute Gasteiger partial charge is 0.341 e. The van der Waals surface area contributed by atoms with Crippen LogP contribution < -0.4 is 5.32 Å². The monoisotopic (exact) mass is 324 g/mol. The Hall–Kier alpha value is -0.870. The number of hydrogen-bond donors (Lipinski definition) is 1. The lowest BCUT2D eigenvalue weighted by molar-refractivity contribution is -0.141. The van der Waals surface area contributed by atoms with E-state index in [1.54, 1.807) is 0 Å². The van der Waals surface area contributed by atoms with Gasteiger partial charge < -0.3 is 10.2 Å². The number of nitrogens with zero attached hydrogens (tertiary/aromatic N) is 1. The average Bonchev–Trinajstić information content (AvgIpc) is 2.41. The molecule has 1 aliphatic heterocycles. The summed E-state index contributed by atoms with van der Waals surface area (Å²) in [5, 5.41) is 3.31. The van der Waals surface area contributed by atoms with E-state index in [0.29, 0.717) is 6.54 Å². The second-order valence-electron chi connectivity index (χ2n) is 5.56. The molecule has 1 aliphatic rings. The maximum absolute atomic E-state index is 12.6. The Morgan fingerprint density at radius 3 is 2.63 bits per heavy atom. The molecule has 3 nitrogen and oxygen atoms in total. The van der Waals surface area contributed by atoms with Crippen molar-refractivity contribution in [2.45, 2.75) is 26.3 Å². The van der Waals surface area contributed by atoms with Crippen LogP contribution in [0.1, 0.15) is 25.3 Å². The number of amides is 1. The van der Waals surface area contributed by atoms with E-state index in [1.807, 2.05) is 30.1 Å².